The van der Waals surface area contributed by atoms with E-state index in [1.54, 1.807) is 0 Å². The molecule has 0 atom stereocenters. The summed E-state index contributed by atoms with van der Waals surface area (Å²) in [7, 11) is 4.29. The quantitative estimate of drug-likeness (QED) is 0.792. The summed E-state index contributed by atoms with van der Waals surface area (Å²) in [5.41, 5.74) is 5.72. The van der Waals surface area contributed by atoms with E-state index in [9.17, 15) is 0 Å². The van der Waals surface area contributed by atoms with Crippen molar-refractivity contribution in [1.29, 1.82) is 0 Å². The Hall–Kier alpha value is -0.540. The van der Waals surface area contributed by atoms with Crippen LogP contribution in [0, 0.1) is 0 Å². The molecule has 1 aliphatic rings. The van der Waals surface area contributed by atoms with Crippen LogP contribution < -0.4 is 4.90 Å². The van der Waals surface area contributed by atoms with Crippen molar-refractivity contribution in [3.63, 3.8) is 0 Å². The van der Waals surface area contributed by atoms with Gasteiger partial charge in [0, 0.05) is 17.9 Å². The van der Waals surface area contributed by atoms with Crippen LogP contribution in [0.3, 0.4) is 0 Å². The maximum Gasteiger partial charge on any atom is 2.00 e. The van der Waals surface area contributed by atoms with Gasteiger partial charge in [0.1, 0.15) is 0 Å². The summed E-state index contributed by atoms with van der Waals surface area (Å²) < 4.78 is 0. The number of hydrogen-bond donors (Lipinski definition) is 0. The van der Waals surface area contributed by atoms with Gasteiger partial charge in [-0.05, 0) is 63.2 Å². The first-order valence-corrected chi connectivity index (χ1v) is 7.84. The molecule has 0 aromatic heterocycles. The molecular formula is C19H26CaN2. The predicted octanol–water partition coefficient (Wildman–Crippen LogP) is 3.72. The molecule has 2 nitrogen and oxygen atoms in total. The zero-order valence-corrected chi connectivity index (χ0v) is 16.0. The topological polar surface area (TPSA) is 6.48 Å². The van der Waals surface area contributed by atoms with Crippen molar-refractivity contribution in [2.75, 3.05) is 32.1 Å². The summed E-state index contributed by atoms with van der Waals surface area (Å²) in [5.74, 6) is 0. The summed E-state index contributed by atoms with van der Waals surface area (Å²) in [4.78, 5) is 4.77. The molecule has 0 aliphatic carbocycles. The molecule has 2 aromatic carbocycles. The molecule has 1 heterocycles. The van der Waals surface area contributed by atoms with Gasteiger partial charge < -0.3 is 12.7 Å². The first-order chi connectivity index (χ1) is 10.3. The predicted molar refractivity (Wildman–Crippen MR) is 98.4 cm³/mol. The average molecular weight is 323 g/mol. The van der Waals surface area contributed by atoms with Crippen LogP contribution in [0.4, 0.5) is 11.4 Å². The maximum atomic E-state index is 2.52. The molecule has 1 aliphatic heterocycles. The Morgan fingerprint density at radius 2 is 1.41 bits per heavy atom. The summed E-state index contributed by atoms with van der Waals surface area (Å²) in [6.45, 7) is 2.20. The van der Waals surface area contributed by atoms with Gasteiger partial charge in [0.15, 0.2) is 0 Å². The maximum absolute atomic E-state index is 2.52. The molecule has 114 valence electrons. The van der Waals surface area contributed by atoms with Crippen molar-refractivity contribution < 1.29 is 2.85 Å². The van der Waals surface area contributed by atoms with E-state index >= 15 is 0 Å². The fourth-order valence-electron chi connectivity index (χ4n) is 3.16. The van der Waals surface area contributed by atoms with Crippen LogP contribution >= 0.6 is 0 Å². The van der Waals surface area contributed by atoms with Gasteiger partial charge in [-0.2, -0.15) is 0 Å². The van der Waals surface area contributed by atoms with Gasteiger partial charge in [-0.3, -0.25) is 0 Å². The van der Waals surface area contributed by atoms with Crippen molar-refractivity contribution in [1.82, 2.24) is 4.90 Å². The standard InChI is InChI=1S/C19H24N2.Ca.2H/c1-20(2)14-7-15-21-18-10-5-3-8-16(18)12-13-17-9-4-6-11-19(17)21;;;/h3-6,8-11H,7,12-15H2,1-2H3;;;/q;+2;2*-1. The summed E-state index contributed by atoms with van der Waals surface area (Å²) in [6, 6.07) is 17.7. The van der Waals surface area contributed by atoms with Crippen molar-refractivity contribution in [3.8, 4) is 0 Å². The van der Waals surface area contributed by atoms with Gasteiger partial charge in [-0.1, -0.05) is 36.4 Å². The second-order valence-corrected chi connectivity index (χ2v) is 6.07. The van der Waals surface area contributed by atoms with Crippen LogP contribution in [0.25, 0.3) is 0 Å². The minimum atomic E-state index is 0. The number of hydrogen-bond acceptors (Lipinski definition) is 2. The zero-order chi connectivity index (χ0) is 14.7. The first kappa shape index (κ1) is 17.8. The average Bonchev–Trinajstić information content (AvgIpc) is 2.65. The SMILES string of the molecule is CN(C)CCCN1c2ccccc2CCc2ccccc21.[Ca+2].[H-].[H-]. The molecule has 3 rings (SSSR count). The van der Waals surface area contributed by atoms with Crippen molar-refractivity contribution in [2.45, 2.75) is 19.3 Å². The van der Waals surface area contributed by atoms with Gasteiger partial charge in [0.05, 0.1) is 0 Å². The number of aryl methyl sites for hydroxylation is 2. The van der Waals surface area contributed by atoms with E-state index in [1.165, 1.54) is 28.9 Å². The smallest absolute Gasteiger partial charge is 1.00 e. The van der Waals surface area contributed by atoms with E-state index in [4.69, 9.17) is 0 Å². The number of benzene rings is 2. The minimum absolute atomic E-state index is 0. The van der Waals surface area contributed by atoms with Crippen LogP contribution in [-0.2, 0) is 12.8 Å². The molecule has 0 fully saturated rings. The molecule has 0 N–H and O–H groups in total. The van der Waals surface area contributed by atoms with Gasteiger partial charge >= 0.3 is 37.7 Å². The first-order valence-electron chi connectivity index (χ1n) is 7.84. The molecule has 0 bridgehead atoms. The van der Waals surface area contributed by atoms with Crippen LogP contribution in [0.15, 0.2) is 48.5 Å². The van der Waals surface area contributed by atoms with E-state index in [2.05, 4.69) is 72.4 Å². The van der Waals surface area contributed by atoms with Crippen molar-refractivity contribution in [2.24, 2.45) is 0 Å². The van der Waals surface area contributed by atoms with Crippen LogP contribution in [-0.4, -0.2) is 69.8 Å². The Bertz CT molecular complexity index is 572. The second-order valence-electron chi connectivity index (χ2n) is 6.07. The largest absolute Gasteiger partial charge is 2.00 e. The van der Waals surface area contributed by atoms with Gasteiger partial charge in [-0.15, -0.1) is 0 Å². The Labute approximate surface area is 167 Å². The number of nitrogens with zero attached hydrogens (tertiary/aromatic N) is 2. The van der Waals surface area contributed by atoms with E-state index in [-0.39, 0.29) is 40.6 Å². The van der Waals surface area contributed by atoms with Crippen LogP contribution in [0.5, 0.6) is 0 Å². The zero-order valence-electron chi connectivity index (χ0n) is 15.8. The van der Waals surface area contributed by atoms with E-state index < -0.39 is 0 Å². The molecule has 0 radical (unpaired) electrons. The Morgan fingerprint density at radius 1 is 0.909 bits per heavy atom. The molecule has 0 saturated carbocycles. The third kappa shape index (κ3) is 4.05. The normalized spacial score (nSPS) is 13.1. The summed E-state index contributed by atoms with van der Waals surface area (Å²) in [5, 5.41) is 0. The third-order valence-corrected chi connectivity index (χ3v) is 4.22. The number of anilines is 2. The molecule has 2 aromatic rings. The molecule has 22 heavy (non-hydrogen) atoms. The summed E-state index contributed by atoms with van der Waals surface area (Å²) in [6.07, 6.45) is 3.45. The molecule has 0 amide bonds. The molecule has 3 heteroatoms. The Morgan fingerprint density at radius 3 is 1.91 bits per heavy atom. The van der Waals surface area contributed by atoms with Gasteiger partial charge in [0.25, 0.3) is 0 Å². The van der Waals surface area contributed by atoms with Crippen molar-refractivity contribution in [3.05, 3.63) is 59.7 Å². The fraction of sp³-hybridized carbons (Fsp3) is 0.368. The molecule has 0 saturated heterocycles. The second kappa shape index (κ2) is 8.35. The van der Waals surface area contributed by atoms with Crippen LogP contribution in [0.1, 0.15) is 20.4 Å². The van der Waals surface area contributed by atoms with E-state index in [0.29, 0.717) is 0 Å². The molecule has 0 spiro atoms. The molecule has 0 unspecified atom stereocenters. The van der Waals surface area contributed by atoms with Gasteiger partial charge in [-0.25, -0.2) is 0 Å². The van der Waals surface area contributed by atoms with Crippen molar-refractivity contribution >= 4 is 49.1 Å². The van der Waals surface area contributed by atoms with Gasteiger partial charge in [0.2, 0.25) is 0 Å². The Balaban J connectivity index is 0.00000176. The van der Waals surface area contributed by atoms with E-state index in [1.807, 2.05) is 0 Å². The number of para-hydroxylation sites is 2. The molecular weight excluding hydrogens is 296 g/mol. The monoisotopic (exact) mass is 322 g/mol. The van der Waals surface area contributed by atoms with E-state index in [0.717, 1.165) is 25.9 Å². The Kier molecular flexibility index (Phi) is 6.76. The minimum Gasteiger partial charge on any atom is -1.00 e. The fourth-order valence-corrected chi connectivity index (χ4v) is 3.16. The third-order valence-electron chi connectivity index (χ3n) is 4.22. The summed E-state index contributed by atoms with van der Waals surface area (Å²) >= 11 is 0. The number of rotatable bonds is 4. The number of fused-ring (bicyclic) bond motifs is 2. The van der Waals surface area contributed by atoms with Crippen LogP contribution in [0.2, 0.25) is 0 Å².